The molecule has 2 aromatic heterocycles. The van der Waals surface area contributed by atoms with Crippen molar-refractivity contribution in [3.8, 4) is 10.6 Å². The fraction of sp³-hybridized carbons (Fsp3) is 0.214. The summed E-state index contributed by atoms with van der Waals surface area (Å²) in [6, 6.07) is 3.57. The second kappa shape index (κ2) is 6.18. The Kier molecular flexibility index (Phi) is 4.54. The molecule has 0 saturated carbocycles. The summed E-state index contributed by atoms with van der Waals surface area (Å²) in [7, 11) is -3.33. The minimum absolute atomic E-state index is 0.368. The van der Waals surface area contributed by atoms with Gasteiger partial charge < -0.3 is 10.1 Å². The molecule has 23 heavy (non-hydrogen) atoms. The Balaban J connectivity index is 2.26. The van der Waals surface area contributed by atoms with Gasteiger partial charge in [0.05, 0.1) is 16.5 Å². The monoisotopic (exact) mass is 434 g/mol. The van der Waals surface area contributed by atoms with E-state index < -0.39 is 15.9 Å². The molecule has 1 unspecified atom stereocenters. The first kappa shape index (κ1) is 16.9. The molecule has 3 aromatic rings. The van der Waals surface area contributed by atoms with Gasteiger partial charge in [0.2, 0.25) is 0 Å². The summed E-state index contributed by atoms with van der Waals surface area (Å²) < 4.78 is 23.8. The van der Waals surface area contributed by atoms with E-state index in [0.717, 1.165) is 17.2 Å². The number of aliphatic hydroxyl groups is 1. The Hall–Kier alpha value is -0.930. The number of halogens is 2. The first-order valence-corrected chi connectivity index (χ1v) is 10.6. The van der Waals surface area contributed by atoms with E-state index in [4.69, 9.17) is 11.6 Å². The summed E-state index contributed by atoms with van der Waals surface area (Å²) in [5, 5.41) is 14.2. The highest BCUT2D eigenvalue weighted by Gasteiger charge is 2.24. The largest absolute Gasteiger partial charge is 0.386 e. The maximum Gasteiger partial charge on any atom is 0.150 e. The molecule has 5 nitrogen and oxygen atoms in total. The number of fused-ring (bicyclic) bond motifs is 1. The molecule has 2 N–H and O–H groups in total. The van der Waals surface area contributed by atoms with Crippen molar-refractivity contribution in [2.75, 3.05) is 12.0 Å². The first-order valence-electron chi connectivity index (χ1n) is 6.52. The summed E-state index contributed by atoms with van der Waals surface area (Å²) in [6.07, 6.45) is 1.58. The average Bonchev–Trinajstić information content (AvgIpc) is 3.04. The molecule has 3 rings (SSSR count). The Labute approximate surface area is 150 Å². The number of aliphatic hydroxyl groups excluding tert-OH is 1. The molecule has 0 aliphatic carbocycles. The third kappa shape index (κ3) is 3.46. The van der Waals surface area contributed by atoms with Crippen molar-refractivity contribution in [3.63, 3.8) is 0 Å². The van der Waals surface area contributed by atoms with Crippen LogP contribution < -0.4 is 0 Å². The van der Waals surface area contributed by atoms with Gasteiger partial charge in [-0.2, -0.15) is 0 Å². The van der Waals surface area contributed by atoms with E-state index in [1.54, 1.807) is 18.3 Å². The van der Waals surface area contributed by atoms with Crippen LogP contribution >= 0.6 is 38.9 Å². The third-order valence-corrected chi connectivity index (χ3v) is 6.22. The van der Waals surface area contributed by atoms with E-state index >= 15 is 0 Å². The summed E-state index contributed by atoms with van der Waals surface area (Å²) >= 11 is 11.0. The van der Waals surface area contributed by atoms with Gasteiger partial charge in [0, 0.05) is 38.8 Å². The molecule has 0 saturated heterocycles. The minimum atomic E-state index is -3.33. The van der Waals surface area contributed by atoms with Crippen LogP contribution in [0, 0.1) is 0 Å². The normalized spacial score (nSPS) is 13.6. The second-order valence-electron chi connectivity index (χ2n) is 5.17. The van der Waals surface area contributed by atoms with E-state index in [9.17, 15) is 13.5 Å². The Bertz CT molecular complexity index is 968. The van der Waals surface area contributed by atoms with Gasteiger partial charge in [-0.05, 0) is 28.1 Å². The van der Waals surface area contributed by atoms with E-state index in [2.05, 4.69) is 25.9 Å². The molecule has 0 fully saturated rings. The fourth-order valence-corrected chi connectivity index (χ4v) is 4.36. The standard InChI is InChI=1S/C14H12BrClN2O3S2/c1-23(20,21)6-11(19)13-12(14-17-2-3-22-14)7-4-9(16)8(15)5-10(7)18-13/h2-5,11,18-19H,6H2,1H3. The van der Waals surface area contributed by atoms with E-state index in [-0.39, 0.29) is 5.75 Å². The highest BCUT2D eigenvalue weighted by atomic mass is 79.9. The van der Waals surface area contributed by atoms with Crippen molar-refractivity contribution in [1.82, 2.24) is 9.97 Å². The van der Waals surface area contributed by atoms with Gasteiger partial charge in [-0.1, -0.05) is 11.6 Å². The summed E-state index contributed by atoms with van der Waals surface area (Å²) in [5.41, 5.74) is 1.85. The molecular formula is C14H12BrClN2O3S2. The van der Waals surface area contributed by atoms with Gasteiger partial charge in [0.1, 0.15) is 20.9 Å². The lowest BCUT2D eigenvalue weighted by Gasteiger charge is -2.09. The van der Waals surface area contributed by atoms with E-state index in [1.807, 2.05) is 5.38 Å². The van der Waals surface area contributed by atoms with Gasteiger partial charge in [-0.3, -0.25) is 0 Å². The van der Waals surface area contributed by atoms with Crippen molar-refractivity contribution < 1.29 is 13.5 Å². The van der Waals surface area contributed by atoms with Gasteiger partial charge in [-0.15, -0.1) is 11.3 Å². The van der Waals surface area contributed by atoms with Gasteiger partial charge in [-0.25, -0.2) is 13.4 Å². The highest BCUT2D eigenvalue weighted by molar-refractivity contribution is 9.10. The number of hydrogen-bond donors (Lipinski definition) is 2. The predicted molar refractivity (Wildman–Crippen MR) is 96.8 cm³/mol. The number of rotatable bonds is 4. The zero-order valence-corrected chi connectivity index (χ0v) is 15.9. The lowest BCUT2D eigenvalue weighted by atomic mass is 10.1. The first-order chi connectivity index (χ1) is 10.8. The molecule has 0 aliphatic heterocycles. The van der Waals surface area contributed by atoms with Crippen molar-refractivity contribution in [2.24, 2.45) is 0 Å². The molecule has 9 heteroatoms. The molecule has 1 atom stereocenters. The van der Waals surface area contributed by atoms with Crippen LogP contribution in [0.3, 0.4) is 0 Å². The number of sulfone groups is 1. The molecule has 1 aromatic carbocycles. The molecule has 0 aliphatic rings. The van der Waals surface area contributed by atoms with Crippen molar-refractivity contribution in [1.29, 1.82) is 0 Å². The van der Waals surface area contributed by atoms with E-state index in [0.29, 0.717) is 25.8 Å². The number of H-pyrrole nitrogens is 1. The number of hydrogen-bond acceptors (Lipinski definition) is 5. The molecule has 0 radical (unpaired) electrons. The van der Waals surface area contributed by atoms with Crippen LogP contribution in [-0.2, 0) is 9.84 Å². The zero-order chi connectivity index (χ0) is 16.8. The summed E-state index contributed by atoms with van der Waals surface area (Å²) in [4.78, 5) is 7.39. The molecule has 122 valence electrons. The van der Waals surface area contributed by atoms with Gasteiger partial charge in [0.25, 0.3) is 0 Å². The zero-order valence-electron chi connectivity index (χ0n) is 11.9. The predicted octanol–water partition coefficient (Wildman–Crippen LogP) is 3.79. The Morgan fingerprint density at radius 2 is 2.22 bits per heavy atom. The molecule has 2 heterocycles. The molecule has 0 amide bonds. The number of thiazole rings is 1. The Morgan fingerprint density at radius 1 is 1.48 bits per heavy atom. The lowest BCUT2D eigenvalue weighted by Crippen LogP contribution is -2.13. The van der Waals surface area contributed by atoms with Crippen molar-refractivity contribution in [2.45, 2.75) is 6.10 Å². The van der Waals surface area contributed by atoms with Crippen LogP contribution in [0.1, 0.15) is 11.8 Å². The summed E-state index contributed by atoms with van der Waals surface area (Å²) in [6.45, 7) is 0. The van der Waals surface area contributed by atoms with Gasteiger partial charge in [0.15, 0.2) is 0 Å². The maximum absolute atomic E-state index is 11.5. The lowest BCUT2D eigenvalue weighted by molar-refractivity contribution is 0.198. The number of aromatic amines is 1. The maximum atomic E-state index is 11.5. The van der Waals surface area contributed by atoms with Crippen LogP contribution in [0.15, 0.2) is 28.2 Å². The van der Waals surface area contributed by atoms with E-state index in [1.165, 1.54) is 11.3 Å². The SMILES string of the molecule is CS(=O)(=O)CC(O)c1[nH]c2cc(Br)c(Cl)cc2c1-c1nccs1. The topological polar surface area (TPSA) is 83.0 Å². The average molecular weight is 436 g/mol. The number of nitrogens with zero attached hydrogens (tertiary/aromatic N) is 1. The number of nitrogens with one attached hydrogen (secondary N) is 1. The second-order valence-corrected chi connectivity index (χ2v) is 9.51. The minimum Gasteiger partial charge on any atom is -0.386 e. The van der Waals surface area contributed by atoms with Gasteiger partial charge >= 0.3 is 0 Å². The van der Waals surface area contributed by atoms with Crippen LogP contribution in [0.25, 0.3) is 21.5 Å². The fourth-order valence-electron chi connectivity index (χ4n) is 2.41. The number of benzene rings is 1. The van der Waals surface area contributed by atoms with Crippen LogP contribution in [0.5, 0.6) is 0 Å². The molecular weight excluding hydrogens is 424 g/mol. The van der Waals surface area contributed by atoms with Crippen molar-refractivity contribution in [3.05, 3.63) is 38.9 Å². The summed E-state index contributed by atoms with van der Waals surface area (Å²) in [5.74, 6) is -0.368. The van der Waals surface area contributed by atoms with Crippen LogP contribution in [0.2, 0.25) is 5.02 Å². The molecule has 0 spiro atoms. The molecule has 0 bridgehead atoms. The third-order valence-electron chi connectivity index (χ3n) is 3.31. The smallest absolute Gasteiger partial charge is 0.150 e. The highest BCUT2D eigenvalue weighted by Crippen LogP contribution is 2.39. The quantitative estimate of drug-likeness (QED) is 0.653. The van der Waals surface area contributed by atoms with Crippen LogP contribution in [-0.4, -0.2) is 35.5 Å². The van der Waals surface area contributed by atoms with Crippen LogP contribution in [0.4, 0.5) is 0 Å². The number of aromatic nitrogens is 2. The van der Waals surface area contributed by atoms with Crippen molar-refractivity contribution >= 4 is 59.6 Å². The Morgan fingerprint density at radius 3 is 2.83 bits per heavy atom.